The number of unbranched alkanes of at least 4 members (excludes halogenated alkanes) is 2. The monoisotopic (exact) mass is 426 g/mol. The van der Waals surface area contributed by atoms with Gasteiger partial charge in [0.05, 0.1) is 0 Å². The Balaban J connectivity index is 1.39. The molecule has 0 spiro atoms. The van der Waals surface area contributed by atoms with Crippen molar-refractivity contribution in [1.29, 1.82) is 0 Å². The van der Waals surface area contributed by atoms with Gasteiger partial charge < -0.3 is 15.2 Å². The van der Waals surface area contributed by atoms with E-state index in [0.29, 0.717) is 37.2 Å². The quantitative estimate of drug-likeness (QED) is 0.324. The minimum Gasteiger partial charge on any atom is -0.488 e. The van der Waals surface area contributed by atoms with Crippen molar-refractivity contribution < 1.29 is 23.9 Å². The van der Waals surface area contributed by atoms with E-state index in [1.165, 1.54) is 0 Å². The van der Waals surface area contributed by atoms with E-state index in [1.54, 1.807) is 6.08 Å². The molecule has 7 nitrogen and oxygen atoms in total. The summed E-state index contributed by atoms with van der Waals surface area (Å²) in [5.74, 6) is 0.0373. The highest BCUT2D eigenvalue weighted by Gasteiger charge is 2.15. The molecule has 3 rings (SSSR count). The molecule has 1 unspecified atom stereocenters. The maximum Gasteiger partial charge on any atom is 0.247 e. The highest BCUT2D eigenvalue weighted by Crippen LogP contribution is 2.25. The van der Waals surface area contributed by atoms with Crippen LogP contribution in [-0.2, 0) is 19.2 Å². The first-order valence-electron chi connectivity index (χ1n) is 10.8. The number of carbonyl (C=O) groups is 2. The van der Waals surface area contributed by atoms with Gasteiger partial charge in [-0.3, -0.25) is 9.59 Å². The smallest absolute Gasteiger partial charge is 0.247 e. The van der Waals surface area contributed by atoms with E-state index in [9.17, 15) is 9.59 Å². The zero-order chi connectivity index (χ0) is 21.9. The molecule has 1 atom stereocenters. The lowest BCUT2D eigenvalue weighted by atomic mass is 10.1. The van der Waals surface area contributed by atoms with Crippen molar-refractivity contribution in [3.8, 4) is 5.75 Å². The molecule has 3 N–H and O–H groups in total. The number of amides is 2. The van der Waals surface area contributed by atoms with Crippen molar-refractivity contribution in [2.24, 2.45) is 5.73 Å². The zero-order valence-corrected chi connectivity index (χ0v) is 17.7. The predicted octanol–water partition coefficient (Wildman–Crippen LogP) is 3.77. The minimum absolute atomic E-state index is 0.110. The van der Waals surface area contributed by atoms with Crippen LogP contribution in [0.25, 0.3) is 10.8 Å². The number of nitrogens with one attached hydrogen (secondary N) is 1. The number of ether oxygens (including phenoxy) is 2. The molecular weight excluding hydrogens is 396 g/mol. The van der Waals surface area contributed by atoms with Gasteiger partial charge in [0, 0.05) is 30.4 Å². The van der Waals surface area contributed by atoms with Gasteiger partial charge in [-0.25, -0.2) is 10.3 Å². The number of hydrogen-bond acceptors (Lipinski definition) is 5. The van der Waals surface area contributed by atoms with Gasteiger partial charge in [0.2, 0.25) is 11.8 Å². The van der Waals surface area contributed by atoms with Crippen molar-refractivity contribution in [3.63, 3.8) is 0 Å². The first kappa shape index (κ1) is 22.8. The van der Waals surface area contributed by atoms with E-state index in [-0.39, 0.29) is 18.8 Å². The Bertz CT molecular complexity index is 900. The van der Waals surface area contributed by atoms with Gasteiger partial charge in [-0.05, 0) is 43.6 Å². The number of allylic oxidation sites excluding steroid dienone is 1. The minimum atomic E-state index is -0.501. The summed E-state index contributed by atoms with van der Waals surface area (Å²) in [5.41, 5.74) is 8.38. The lowest BCUT2D eigenvalue weighted by Gasteiger charge is -2.22. The first-order chi connectivity index (χ1) is 15.1. The highest BCUT2D eigenvalue weighted by molar-refractivity contribution is 5.92. The van der Waals surface area contributed by atoms with Gasteiger partial charge in [-0.15, -0.1) is 0 Å². The van der Waals surface area contributed by atoms with Crippen molar-refractivity contribution >= 4 is 22.6 Å². The summed E-state index contributed by atoms with van der Waals surface area (Å²) in [4.78, 5) is 28.9. The van der Waals surface area contributed by atoms with Crippen LogP contribution in [0.2, 0.25) is 0 Å². The topological polar surface area (TPSA) is 99.9 Å². The fourth-order valence-electron chi connectivity index (χ4n) is 3.40. The van der Waals surface area contributed by atoms with E-state index in [1.807, 2.05) is 42.5 Å². The Morgan fingerprint density at radius 3 is 2.77 bits per heavy atom. The number of benzene rings is 2. The molecule has 0 aliphatic carbocycles. The van der Waals surface area contributed by atoms with E-state index in [2.05, 4.69) is 5.48 Å². The number of hydroxylamine groups is 1. The molecule has 0 saturated carbocycles. The SMILES string of the molecule is NC(=O)C(=CCCCCC(=O)NOC1CCCCO1)COc1cccc2ccccc12. The number of primary amides is 1. The summed E-state index contributed by atoms with van der Waals surface area (Å²) in [6, 6.07) is 13.7. The Labute approximate surface area is 182 Å². The molecule has 1 saturated heterocycles. The summed E-state index contributed by atoms with van der Waals surface area (Å²) in [7, 11) is 0. The van der Waals surface area contributed by atoms with Crippen molar-refractivity contribution in [3.05, 3.63) is 54.1 Å². The van der Waals surface area contributed by atoms with Crippen LogP contribution < -0.4 is 16.0 Å². The van der Waals surface area contributed by atoms with E-state index < -0.39 is 5.91 Å². The number of fused-ring (bicyclic) bond motifs is 1. The standard InChI is InChI=1S/C24H30N2O5/c25-24(28)19(17-30-21-13-8-11-18-9-4-5-12-20(18)21)10-2-1-3-14-22(27)26-31-23-15-6-7-16-29-23/h4-5,8-13,23H,1-3,6-7,14-17H2,(H2,25,28)(H,26,27). The largest absolute Gasteiger partial charge is 0.488 e. The number of carbonyl (C=O) groups excluding carboxylic acids is 2. The number of hydrogen-bond donors (Lipinski definition) is 2. The second-order valence-electron chi connectivity index (χ2n) is 7.54. The van der Waals surface area contributed by atoms with Crippen LogP contribution in [0.5, 0.6) is 5.75 Å². The fraction of sp³-hybridized carbons (Fsp3) is 0.417. The number of nitrogens with two attached hydrogens (primary N) is 1. The summed E-state index contributed by atoms with van der Waals surface area (Å²) >= 11 is 0. The molecule has 166 valence electrons. The third-order valence-electron chi connectivity index (χ3n) is 5.14. The van der Waals surface area contributed by atoms with Crippen molar-refractivity contribution in [2.75, 3.05) is 13.2 Å². The number of rotatable bonds is 11. The average molecular weight is 427 g/mol. The summed E-state index contributed by atoms with van der Waals surface area (Å²) in [6.07, 6.45) is 6.71. The molecule has 0 aromatic heterocycles. The first-order valence-corrected chi connectivity index (χ1v) is 10.8. The van der Waals surface area contributed by atoms with Gasteiger partial charge in [0.25, 0.3) is 0 Å². The maximum absolute atomic E-state index is 11.9. The highest BCUT2D eigenvalue weighted by atomic mass is 16.8. The van der Waals surface area contributed by atoms with Gasteiger partial charge >= 0.3 is 0 Å². The van der Waals surface area contributed by atoms with E-state index >= 15 is 0 Å². The van der Waals surface area contributed by atoms with Crippen LogP contribution in [0.3, 0.4) is 0 Å². The Morgan fingerprint density at radius 1 is 1.13 bits per heavy atom. The van der Waals surface area contributed by atoms with Gasteiger partial charge in [0.15, 0.2) is 6.29 Å². The Morgan fingerprint density at radius 2 is 1.97 bits per heavy atom. The molecule has 1 aliphatic rings. The normalized spacial score (nSPS) is 16.8. The molecule has 1 aliphatic heterocycles. The molecule has 0 bridgehead atoms. The van der Waals surface area contributed by atoms with Crippen LogP contribution >= 0.6 is 0 Å². The van der Waals surface area contributed by atoms with Crippen LogP contribution in [0.4, 0.5) is 0 Å². The summed E-state index contributed by atoms with van der Waals surface area (Å²) in [6.45, 7) is 0.776. The molecular formula is C24H30N2O5. The van der Waals surface area contributed by atoms with Crippen LogP contribution in [0.1, 0.15) is 44.9 Å². The molecule has 1 fully saturated rings. The summed E-state index contributed by atoms with van der Waals surface area (Å²) in [5, 5.41) is 2.06. The van der Waals surface area contributed by atoms with Crippen molar-refractivity contribution in [2.45, 2.75) is 51.2 Å². The molecule has 31 heavy (non-hydrogen) atoms. The lowest BCUT2D eigenvalue weighted by molar-refractivity contribution is -0.200. The van der Waals surface area contributed by atoms with Crippen LogP contribution in [0, 0.1) is 0 Å². The van der Waals surface area contributed by atoms with Crippen molar-refractivity contribution in [1.82, 2.24) is 5.48 Å². The lowest BCUT2D eigenvalue weighted by Crippen LogP contribution is -2.32. The van der Waals surface area contributed by atoms with Gasteiger partial charge in [-0.2, -0.15) is 0 Å². The predicted molar refractivity (Wildman–Crippen MR) is 118 cm³/mol. The van der Waals surface area contributed by atoms with E-state index in [0.717, 1.165) is 36.5 Å². The average Bonchev–Trinajstić information content (AvgIpc) is 2.80. The third kappa shape index (κ3) is 7.38. The van der Waals surface area contributed by atoms with Gasteiger partial charge in [-0.1, -0.05) is 42.5 Å². The molecule has 2 amide bonds. The maximum atomic E-state index is 11.9. The van der Waals surface area contributed by atoms with E-state index in [4.69, 9.17) is 20.0 Å². The second-order valence-corrected chi connectivity index (χ2v) is 7.54. The summed E-state index contributed by atoms with van der Waals surface area (Å²) < 4.78 is 11.3. The second kappa shape index (κ2) is 12.1. The molecule has 0 radical (unpaired) electrons. The van der Waals surface area contributed by atoms with Crippen LogP contribution in [-0.4, -0.2) is 31.3 Å². The Kier molecular flexibility index (Phi) is 8.87. The molecule has 7 heteroatoms. The fourth-order valence-corrected chi connectivity index (χ4v) is 3.40. The molecule has 2 aromatic carbocycles. The zero-order valence-electron chi connectivity index (χ0n) is 17.7. The molecule has 2 aromatic rings. The molecule has 1 heterocycles. The third-order valence-corrected chi connectivity index (χ3v) is 5.14. The Hall–Kier alpha value is -2.90. The van der Waals surface area contributed by atoms with Crippen LogP contribution in [0.15, 0.2) is 54.1 Å². The van der Waals surface area contributed by atoms with Gasteiger partial charge in [0.1, 0.15) is 12.4 Å².